The molecule has 0 aliphatic rings. The highest BCUT2D eigenvalue weighted by atomic mass is 32.2. The molecular formula is C17H18N2O5S. The third-order valence-corrected chi connectivity index (χ3v) is 3.48. The van der Waals surface area contributed by atoms with Crippen molar-refractivity contribution in [3.05, 3.63) is 35.4 Å². The maximum absolute atomic E-state index is 11.9. The summed E-state index contributed by atoms with van der Waals surface area (Å²) in [7, 11) is 0. The molecule has 132 valence electrons. The van der Waals surface area contributed by atoms with E-state index < -0.39 is 24.5 Å². The van der Waals surface area contributed by atoms with E-state index in [1.54, 1.807) is 32.9 Å². The number of hydrogen-bond acceptors (Lipinski definition) is 7. The van der Waals surface area contributed by atoms with Gasteiger partial charge in [0.2, 0.25) is 0 Å². The Morgan fingerprint density at radius 3 is 2.24 bits per heavy atom. The van der Waals surface area contributed by atoms with Crippen LogP contribution in [0.15, 0.2) is 29.2 Å². The van der Waals surface area contributed by atoms with Gasteiger partial charge in [-0.15, -0.1) is 0 Å². The van der Waals surface area contributed by atoms with Gasteiger partial charge < -0.3 is 14.8 Å². The van der Waals surface area contributed by atoms with E-state index in [1.807, 2.05) is 5.40 Å². The van der Waals surface area contributed by atoms with E-state index in [2.05, 4.69) is 10.1 Å². The number of aryl methyl sites for hydroxylation is 2. The Bertz CT molecular complexity index is 714. The van der Waals surface area contributed by atoms with Crippen LogP contribution < -0.4 is 5.32 Å². The molecule has 0 saturated carbocycles. The summed E-state index contributed by atoms with van der Waals surface area (Å²) in [5.74, 6) is -1.99. The highest BCUT2D eigenvalue weighted by Gasteiger charge is 2.11. The van der Waals surface area contributed by atoms with Crippen molar-refractivity contribution < 1.29 is 23.9 Å². The monoisotopic (exact) mass is 362 g/mol. The molecule has 1 amide bonds. The number of carbonyl (C=O) groups excluding carboxylic acids is 3. The lowest BCUT2D eigenvalue weighted by Gasteiger charge is -2.12. The Hall–Kier alpha value is -2.79. The minimum atomic E-state index is -0.822. The van der Waals surface area contributed by atoms with Crippen LogP contribution in [0.5, 0.6) is 0 Å². The molecule has 25 heavy (non-hydrogen) atoms. The molecule has 0 radical (unpaired) electrons. The summed E-state index contributed by atoms with van der Waals surface area (Å²) in [5.41, 5.74) is 2.18. The number of esters is 2. The summed E-state index contributed by atoms with van der Waals surface area (Å²) >= 11 is 1.03. The summed E-state index contributed by atoms with van der Waals surface area (Å²) in [4.78, 5) is 35.2. The van der Waals surface area contributed by atoms with Crippen LogP contribution in [0.3, 0.4) is 0 Å². The van der Waals surface area contributed by atoms with Crippen LogP contribution in [-0.2, 0) is 23.9 Å². The Kier molecular flexibility index (Phi) is 8.23. The van der Waals surface area contributed by atoms with Gasteiger partial charge >= 0.3 is 11.9 Å². The van der Waals surface area contributed by atoms with Crippen molar-refractivity contribution in [2.45, 2.75) is 25.7 Å². The molecule has 1 N–H and O–H groups in total. The van der Waals surface area contributed by atoms with Gasteiger partial charge in [-0.05, 0) is 55.8 Å². The van der Waals surface area contributed by atoms with Crippen LogP contribution in [-0.4, -0.2) is 31.1 Å². The lowest BCUT2D eigenvalue weighted by atomic mass is 10.1. The summed E-state index contributed by atoms with van der Waals surface area (Å²) < 4.78 is 9.37. The number of thioether (sulfide) groups is 1. The average molecular weight is 362 g/mol. The Balaban J connectivity index is 2.59. The van der Waals surface area contributed by atoms with Crippen LogP contribution in [0.1, 0.15) is 18.1 Å². The van der Waals surface area contributed by atoms with Gasteiger partial charge in [-0.2, -0.15) is 5.26 Å². The minimum absolute atomic E-state index is 0.199. The quantitative estimate of drug-likeness (QED) is 0.344. The van der Waals surface area contributed by atoms with E-state index in [4.69, 9.17) is 10.00 Å². The van der Waals surface area contributed by atoms with Crippen molar-refractivity contribution in [3.63, 3.8) is 0 Å². The molecule has 0 spiro atoms. The predicted octanol–water partition coefficient (Wildman–Crippen LogP) is 2.48. The second-order valence-electron chi connectivity index (χ2n) is 4.87. The zero-order chi connectivity index (χ0) is 18.8. The standard InChI is InChI=1S/C17H18N2O5S/c1-4-23-15(21)5-6-16(22)24-9-14(20)19-17-11(2)7-13(25-10-18)8-12(17)3/h5-8H,4,9H2,1-3H3,(H,19,20)/b6-5+. The van der Waals surface area contributed by atoms with Gasteiger partial charge in [0.1, 0.15) is 5.40 Å². The molecule has 0 aromatic heterocycles. The van der Waals surface area contributed by atoms with Crippen molar-refractivity contribution in [2.75, 3.05) is 18.5 Å². The van der Waals surface area contributed by atoms with Crippen LogP contribution in [0.4, 0.5) is 5.69 Å². The summed E-state index contributed by atoms with van der Waals surface area (Å²) in [5, 5.41) is 13.4. The van der Waals surface area contributed by atoms with Crippen LogP contribution in [0.2, 0.25) is 0 Å². The molecule has 0 aliphatic carbocycles. The fourth-order valence-electron chi connectivity index (χ4n) is 1.92. The number of rotatable bonds is 7. The molecule has 0 heterocycles. The van der Waals surface area contributed by atoms with Crippen molar-refractivity contribution in [2.24, 2.45) is 0 Å². The Morgan fingerprint density at radius 2 is 1.72 bits per heavy atom. The molecule has 0 saturated heterocycles. The van der Waals surface area contributed by atoms with E-state index in [0.29, 0.717) is 5.69 Å². The van der Waals surface area contributed by atoms with E-state index in [-0.39, 0.29) is 6.61 Å². The lowest BCUT2D eigenvalue weighted by molar-refractivity contribution is -0.143. The topological polar surface area (TPSA) is 105 Å². The van der Waals surface area contributed by atoms with Gasteiger partial charge in [0.15, 0.2) is 6.61 Å². The van der Waals surface area contributed by atoms with Gasteiger partial charge in [-0.1, -0.05) is 0 Å². The summed E-state index contributed by atoms with van der Waals surface area (Å²) in [6.07, 6.45) is 1.83. The molecule has 0 unspecified atom stereocenters. The first-order valence-electron chi connectivity index (χ1n) is 7.36. The molecule has 0 aliphatic heterocycles. The zero-order valence-electron chi connectivity index (χ0n) is 14.1. The molecule has 1 aromatic carbocycles. The molecule has 0 fully saturated rings. The first kappa shape index (κ1) is 20.3. The van der Waals surface area contributed by atoms with Crippen molar-refractivity contribution in [1.82, 2.24) is 0 Å². The Morgan fingerprint density at radius 1 is 1.16 bits per heavy atom. The summed E-state index contributed by atoms with van der Waals surface area (Å²) in [6, 6.07) is 3.56. The fourth-order valence-corrected chi connectivity index (χ4v) is 2.50. The smallest absolute Gasteiger partial charge is 0.331 e. The van der Waals surface area contributed by atoms with Crippen molar-refractivity contribution in [3.8, 4) is 5.40 Å². The van der Waals surface area contributed by atoms with Crippen molar-refractivity contribution in [1.29, 1.82) is 5.26 Å². The van der Waals surface area contributed by atoms with E-state index >= 15 is 0 Å². The van der Waals surface area contributed by atoms with Crippen LogP contribution >= 0.6 is 11.8 Å². The number of carbonyl (C=O) groups is 3. The molecule has 8 heteroatoms. The van der Waals surface area contributed by atoms with Gasteiger partial charge in [0.05, 0.1) is 6.61 Å². The van der Waals surface area contributed by atoms with Gasteiger partial charge in [0.25, 0.3) is 5.91 Å². The number of nitrogens with one attached hydrogen (secondary N) is 1. The Labute approximate surface area is 150 Å². The fraction of sp³-hybridized carbons (Fsp3) is 0.294. The molecule has 0 bridgehead atoms. The first-order chi connectivity index (χ1) is 11.9. The molecular weight excluding hydrogens is 344 g/mol. The minimum Gasteiger partial charge on any atom is -0.463 e. The second kappa shape index (κ2) is 10.2. The molecule has 0 atom stereocenters. The van der Waals surface area contributed by atoms with E-state index in [9.17, 15) is 14.4 Å². The lowest BCUT2D eigenvalue weighted by Crippen LogP contribution is -2.21. The zero-order valence-corrected chi connectivity index (χ0v) is 14.9. The van der Waals surface area contributed by atoms with Gasteiger partial charge in [-0.3, -0.25) is 4.79 Å². The molecule has 1 aromatic rings. The predicted molar refractivity (Wildman–Crippen MR) is 92.7 cm³/mol. The third kappa shape index (κ3) is 7.10. The third-order valence-electron chi connectivity index (χ3n) is 2.92. The number of benzene rings is 1. The van der Waals surface area contributed by atoms with Crippen LogP contribution in [0, 0.1) is 24.5 Å². The first-order valence-corrected chi connectivity index (χ1v) is 8.17. The molecule has 1 rings (SSSR count). The number of ether oxygens (including phenoxy) is 2. The number of amides is 1. The normalized spacial score (nSPS) is 10.2. The average Bonchev–Trinajstić information content (AvgIpc) is 2.55. The highest BCUT2D eigenvalue weighted by Crippen LogP contribution is 2.27. The second-order valence-corrected chi connectivity index (χ2v) is 5.72. The molecule has 7 nitrogen and oxygen atoms in total. The maximum Gasteiger partial charge on any atom is 0.331 e. The van der Waals surface area contributed by atoms with Gasteiger partial charge in [-0.25, -0.2) is 9.59 Å². The summed E-state index contributed by atoms with van der Waals surface area (Å²) in [6.45, 7) is 4.96. The highest BCUT2D eigenvalue weighted by molar-refractivity contribution is 8.03. The van der Waals surface area contributed by atoms with Crippen LogP contribution in [0.25, 0.3) is 0 Å². The SMILES string of the molecule is CCOC(=O)/C=C/C(=O)OCC(=O)Nc1c(C)cc(SC#N)cc1C. The number of hydrogen-bond donors (Lipinski definition) is 1. The number of anilines is 1. The largest absolute Gasteiger partial charge is 0.463 e. The number of thiocyanates is 1. The van der Waals surface area contributed by atoms with E-state index in [0.717, 1.165) is 39.9 Å². The van der Waals surface area contributed by atoms with Gasteiger partial charge in [0, 0.05) is 22.7 Å². The number of nitrogens with zero attached hydrogens (tertiary/aromatic N) is 1. The van der Waals surface area contributed by atoms with Crippen molar-refractivity contribution >= 4 is 35.3 Å². The number of nitriles is 1. The maximum atomic E-state index is 11.9. The van der Waals surface area contributed by atoms with E-state index in [1.165, 1.54) is 0 Å².